The fourth-order valence-corrected chi connectivity index (χ4v) is 2.55. The first-order valence-electron chi connectivity index (χ1n) is 7.07. The molecule has 0 radical (unpaired) electrons. The number of aromatic carboxylic acids is 1. The SMILES string of the molecule is CN1CCN(c2ccc(-c3cc(C(=O)O)[nH]n3)cc2F)CC1. The van der Waals surface area contributed by atoms with Gasteiger partial charge in [-0.25, -0.2) is 9.18 Å². The number of anilines is 1. The van der Waals surface area contributed by atoms with E-state index in [-0.39, 0.29) is 11.5 Å². The molecule has 3 rings (SSSR count). The zero-order valence-corrected chi connectivity index (χ0v) is 12.2. The third kappa shape index (κ3) is 2.80. The van der Waals surface area contributed by atoms with Crippen LogP contribution < -0.4 is 4.90 Å². The molecule has 1 saturated heterocycles. The van der Waals surface area contributed by atoms with Gasteiger partial charge in [0.1, 0.15) is 11.5 Å². The molecule has 6 nitrogen and oxygen atoms in total. The largest absolute Gasteiger partial charge is 0.477 e. The maximum atomic E-state index is 14.4. The van der Waals surface area contributed by atoms with Crippen LogP contribution in [0.2, 0.25) is 0 Å². The van der Waals surface area contributed by atoms with Gasteiger partial charge >= 0.3 is 5.97 Å². The minimum Gasteiger partial charge on any atom is -0.477 e. The first kappa shape index (κ1) is 14.5. The summed E-state index contributed by atoms with van der Waals surface area (Å²) in [5.74, 6) is -1.41. The Morgan fingerprint density at radius 1 is 1.27 bits per heavy atom. The van der Waals surface area contributed by atoms with Gasteiger partial charge in [-0.05, 0) is 25.2 Å². The van der Waals surface area contributed by atoms with Crippen molar-refractivity contribution in [1.29, 1.82) is 0 Å². The summed E-state index contributed by atoms with van der Waals surface area (Å²) < 4.78 is 14.4. The number of likely N-dealkylation sites (N-methyl/N-ethyl adjacent to an activating group) is 1. The summed E-state index contributed by atoms with van der Waals surface area (Å²) in [6, 6.07) is 6.28. The summed E-state index contributed by atoms with van der Waals surface area (Å²) in [5.41, 5.74) is 1.53. The van der Waals surface area contributed by atoms with Crippen molar-refractivity contribution in [1.82, 2.24) is 15.1 Å². The molecule has 1 aromatic heterocycles. The summed E-state index contributed by atoms with van der Waals surface area (Å²) in [7, 11) is 2.05. The molecule has 1 fully saturated rings. The number of hydrogen-bond acceptors (Lipinski definition) is 4. The second-order valence-electron chi connectivity index (χ2n) is 5.43. The Bertz CT molecular complexity index is 693. The highest BCUT2D eigenvalue weighted by atomic mass is 19.1. The number of rotatable bonds is 3. The number of aromatic amines is 1. The van der Waals surface area contributed by atoms with Crippen LogP contribution >= 0.6 is 0 Å². The highest BCUT2D eigenvalue weighted by molar-refractivity contribution is 5.86. The Hall–Kier alpha value is -2.41. The van der Waals surface area contributed by atoms with Crippen molar-refractivity contribution in [2.45, 2.75) is 0 Å². The van der Waals surface area contributed by atoms with Crippen LogP contribution in [0.5, 0.6) is 0 Å². The van der Waals surface area contributed by atoms with Crippen LogP contribution in [-0.2, 0) is 0 Å². The van der Waals surface area contributed by atoms with Gasteiger partial charge in [0.05, 0.1) is 11.4 Å². The molecule has 0 atom stereocenters. The molecule has 1 aromatic carbocycles. The zero-order chi connectivity index (χ0) is 15.7. The van der Waals surface area contributed by atoms with Crippen molar-refractivity contribution in [3.63, 3.8) is 0 Å². The first-order valence-corrected chi connectivity index (χ1v) is 7.07. The number of carbonyl (C=O) groups is 1. The second kappa shape index (κ2) is 5.76. The van der Waals surface area contributed by atoms with E-state index in [1.165, 1.54) is 12.1 Å². The van der Waals surface area contributed by atoms with Crippen LogP contribution in [0.3, 0.4) is 0 Å². The van der Waals surface area contributed by atoms with E-state index in [1.54, 1.807) is 12.1 Å². The number of nitrogens with one attached hydrogen (secondary N) is 1. The molecule has 1 aliphatic rings. The highest BCUT2D eigenvalue weighted by Gasteiger charge is 2.18. The summed E-state index contributed by atoms with van der Waals surface area (Å²) in [6.45, 7) is 3.39. The highest BCUT2D eigenvalue weighted by Crippen LogP contribution is 2.26. The minimum atomic E-state index is -1.09. The molecule has 2 N–H and O–H groups in total. The lowest BCUT2D eigenvalue weighted by atomic mass is 10.1. The fraction of sp³-hybridized carbons (Fsp3) is 0.333. The van der Waals surface area contributed by atoms with Crippen molar-refractivity contribution >= 4 is 11.7 Å². The van der Waals surface area contributed by atoms with E-state index in [4.69, 9.17) is 5.11 Å². The summed E-state index contributed by atoms with van der Waals surface area (Å²) in [4.78, 5) is 15.1. The van der Waals surface area contributed by atoms with Gasteiger partial charge in [-0.15, -0.1) is 0 Å². The van der Waals surface area contributed by atoms with Gasteiger partial charge in [0.25, 0.3) is 0 Å². The lowest BCUT2D eigenvalue weighted by Crippen LogP contribution is -2.44. The number of halogens is 1. The average Bonchev–Trinajstić information content (AvgIpc) is 2.98. The van der Waals surface area contributed by atoms with Crippen LogP contribution in [0.1, 0.15) is 10.5 Å². The summed E-state index contributed by atoms with van der Waals surface area (Å²) >= 11 is 0. The quantitative estimate of drug-likeness (QED) is 0.902. The first-order chi connectivity index (χ1) is 10.5. The number of hydrogen-bond donors (Lipinski definition) is 2. The predicted molar refractivity (Wildman–Crippen MR) is 80.7 cm³/mol. The third-order valence-electron chi connectivity index (χ3n) is 3.90. The normalized spacial score (nSPS) is 16.0. The third-order valence-corrected chi connectivity index (χ3v) is 3.90. The molecule has 7 heteroatoms. The van der Waals surface area contributed by atoms with E-state index in [9.17, 15) is 9.18 Å². The van der Waals surface area contributed by atoms with Gasteiger partial charge in [-0.3, -0.25) is 5.10 Å². The van der Waals surface area contributed by atoms with Crippen LogP contribution in [0.4, 0.5) is 10.1 Å². The van der Waals surface area contributed by atoms with Gasteiger partial charge < -0.3 is 14.9 Å². The number of carboxylic acids is 1. The lowest BCUT2D eigenvalue weighted by molar-refractivity contribution is 0.0690. The van der Waals surface area contributed by atoms with E-state index in [2.05, 4.69) is 22.1 Å². The van der Waals surface area contributed by atoms with Crippen LogP contribution in [0, 0.1) is 5.82 Å². The van der Waals surface area contributed by atoms with E-state index >= 15 is 0 Å². The topological polar surface area (TPSA) is 72.5 Å². The van der Waals surface area contributed by atoms with Crippen LogP contribution in [0.25, 0.3) is 11.3 Å². The minimum absolute atomic E-state index is 0.0152. The molecular weight excluding hydrogens is 287 g/mol. The van der Waals surface area contributed by atoms with E-state index in [1.807, 2.05) is 4.90 Å². The van der Waals surface area contributed by atoms with E-state index < -0.39 is 5.97 Å². The van der Waals surface area contributed by atoms with Crippen molar-refractivity contribution in [3.05, 3.63) is 35.8 Å². The van der Waals surface area contributed by atoms with Gasteiger partial charge in [0.15, 0.2) is 0 Å². The summed E-state index contributed by atoms with van der Waals surface area (Å²) in [6.07, 6.45) is 0. The van der Waals surface area contributed by atoms with Gasteiger partial charge in [-0.1, -0.05) is 6.07 Å². The van der Waals surface area contributed by atoms with E-state index in [0.29, 0.717) is 16.9 Å². The van der Waals surface area contributed by atoms with Crippen LogP contribution in [-0.4, -0.2) is 59.4 Å². The molecule has 0 unspecified atom stereocenters. The number of aromatic nitrogens is 2. The van der Waals surface area contributed by atoms with Gasteiger partial charge in [0, 0.05) is 31.7 Å². The van der Waals surface area contributed by atoms with Crippen molar-refractivity contribution < 1.29 is 14.3 Å². The number of carboxylic acid groups (broad SMARTS) is 1. The second-order valence-corrected chi connectivity index (χ2v) is 5.43. The summed E-state index contributed by atoms with van der Waals surface area (Å²) in [5, 5.41) is 15.2. The van der Waals surface area contributed by atoms with Crippen molar-refractivity contribution in [2.75, 3.05) is 38.1 Å². The predicted octanol–water partition coefficient (Wildman–Crippen LogP) is 1.67. The molecule has 116 valence electrons. The molecule has 1 aliphatic heterocycles. The van der Waals surface area contributed by atoms with Crippen LogP contribution in [0.15, 0.2) is 24.3 Å². The molecule has 2 aromatic rings. The maximum absolute atomic E-state index is 14.4. The Balaban J connectivity index is 1.83. The smallest absolute Gasteiger partial charge is 0.353 e. The van der Waals surface area contributed by atoms with E-state index in [0.717, 1.165) is 26.2 Å². The number of H-pyrrole nitrogens is 1. The van der Waals surface area contributed by atoms with Crippen molar-refractivity contribution in [3.8, 4) is 11.3 Å². The molecule has 22 heavy (non-hydrogen) atoms. The van der Waals surface area contributed by atoms with Gasteiger partial charge in [-0.2, -0.15) is 5.10 Å². The molecular formula is C15H17FN4O2. The number of benzene rings is 1. The molecule has 0 spiro atoms. The molecule has 2 heterocycles. The standard InChI is InChI=1S/C15H17FN4O2/c1-19-4-6-20(7-5-19)14-3-2-10(8-11(14)16)12-9-13(15(21)22)18-17-12/h2-3,8-9H,4-7H2,1H3,(H,17,18)(H,21,22). The maximum Gasteiger partial charge on any atom is 0.353 e. The molecule has 0 bridgehead atoms. The monoisotopic (exact) mass is 304 g/mol. The number of piperazine rings is 1. The van der Waals surface area contributed by atoms with Gasteiger partial charge in [0.2, 0.25) is 0 Å². The molecule has 0 aliphatic carbocycles. The Morgan fingerprint density at radius 3 is 2.59 bits per heavy atom. The zero-order valence-electron chi connectivity index (χ0n) is 12.2. The fourth-order valence-electron chi connectivity index (χ4n) is 2.55. The Morgan fingerprint density at radius 2 is 2.00 bits per heavy atom. The Labute approximate surface area is 127 Å². The lowest BCUT2D eigenvalue weighted by Gasteiger charge is -2.34. The van der Waals surface area contributed by atoms with Crippen molar-refractivity contribution in [2.24, 2.45) is 0 Å². The average molecular weight is 304 g/mol. The Kier molecular flexibility index (Phi) is 3.81. The molecule has 0 amide bonds. The number of nitrogens with zero attached hydrogens (tertiary/aromatic N) is 3. The molecule has 0 saturated carbocycles.